The van der Waals surface area contributed by atoms with Crippen molar-refractivity contribution in [2.45, 2.75) is 19.3 Å². The minimum Gasteiger partial charge on any atom is -0.320 e. The summed E-state index contributed by atoms with van der Waals surface area (Å²) < 4.78 is 1.88. The molecule has 7 heteroatoms. The molecule has 0 radical (unpaired) electrons. The maximum Gasteiger partial charge on any atom is 0.163 e. The molecule has 0 atom stereocenters. The number of hydrogen-bond donors (Lipinski definition) is 1. The molecule has 1 aromatic carbocycles. The number of unbranched alkanes of at least 4 members (excludes halogenated alkanes) is 1. The van der Waals surface area contributed by atoms with Crippen LogP contribution >= 0.6 is 22.9 Å². The van der Waals surface area contributed by atoms with Crippen LogP contribution in [0.5, 0.6) is 0 Å². The molecule has 0 aliphatic rings. The van der Waals surface area contributed by atoms with E-state index in [2.05, 4.69) is 16.8 Å². The Labute approximate surface area is 167 Å². The van der Waals surface area contributed by atoms with E-state index in [1.165, 1.54) is 0 Å². The fourth-order valence-corrected chi connectivity index (χ4v) is 3.77. The summed E-state index contributed by atoms with van der Waals surface area (Å²) in [6, 6.07) is 13.8. The number of rotatable bonds is 7. The lowest BCUT2D eigenvalue weighted by atomic mass is 10.2. The molecule has 0 aliphatic carbocycles. The van der Waals surface area contributed by atoms with Crippen LogP contribution in [0.1, 0.15) is 18.7 Å². The fraction of sp³-hybridized carbons (Fsp3) is 0.250. The predicted octanol–water partition coefficient (Wildman–Crippen LogP) is 4.72. The number of fused-ring (bicyclic) bond motifs is 1. The Hall–Kier alpha value is -2.28. The molecule has 1 N–H and O–H groups in total. The number of nitrogens with one attached hydrogen (secondary N) is 1. The standard InChI is InChI=1S/C20H20ClN5S/c1-22-11-3-2-6-18-23-20(14-7-9-15(21)10-8-14)24-19-13-16(25-26(18)19)17-5-4-12-27-17/h4-5,7-10,12-13,22H,2-3,6,11H2,1H3. The Morgan fingerprint density at radius 1 is 1.11 bits per heavy atom. The molecule has 0 saturated heterocycles. The van der Waals surface area contributed by atoms with Crippen LogP contribution in [-0.2, 0) is 6.42 Å². The molecule has 0 aliphatic heterocycles. The monoisotopic (exact) mass is 397 g/mol. The number of aryl methyl sites for hydroxylation is 1. The molecule has 0 unspecified atom stereocenters. The summed E-state index contributed by atoms with van der Waals surface area (Å²) >= 11 is 7.70. The first-order valence-electron chi connectivity index (χ1n) is 8.96. The van der Waals surface area contributed by atoms with Gasteiger partial charge in [-0.3, -0.25) is 0 Å². The van der Waals surface area contributed by atoms with Crippen molar-refractivity contribution >= 4 is 28.6 Å². The molecule has 3 heterocycles. The molecule has 5 nitrogen and oxygen atoms in total. The van der Waals surface area contributed by atoms with E-state index >= 15 is 0 Å². The van der Waals surface area contributed by atoms with Crippen LogP contribution < -0.4 is 5.32 Å². The van der Waals surface area contributed by atoms with E-state index in [9.17, 15) is 0 Å². The molecule has 138 valence electrons. The van der Waals surface area contributed by atoms with Crippen LogP contribution in [0.2, 0.25) is 5.02 Å². The third-order valence-electron chi connectivity index (χ3n) is 4.34. The van der Waals surface area contributed by atoms with Crippen molar-refractivity contribution in [3.8, 4) is 22.0 Å². The van der Waals surface area contributed by atoms with Crippen molar-refractivity contribution in [2.75, 3.05) is 13.6 Å². The van der Waals surface area contributed by atoms with E-state index < -0.39 is 0 Å². The Bertz CT molecular complexity index is 1020. The Morgan fingerprint density at radius 2 is 1.96 bits per heavy atom. The first-order chi connectivity index (χ1) is 13.2. The highest BCUT2D eigenvalue weighted by atomic mass is 35.5. The van der Waals surface area contributed by atoms with Gasteiger partial charge in [0.2, 0.25) is 0 Å². The first kappa shape index (κ1) is 18.1. The van der Waals surface area contributed by atoms with Gasteiger partial charge >= 0.3 is 0 Å². The molecule has 0 bridgehead atoms. The molecule has 0 spiro atoms. The molecule has 3 aromatic heterocycles. The van der Waals surface area contributed by atoms with Gasteiger partial charge in [0.15, 0.2) is 11.5 Å². The van der Waals surface area contributed by atoms with Crippen molar-refractivity contribution in [1.82, 2.24) is 24.9 Å². The largest absolute Gasteiger partial charge is 0.320 e. The number of aromatic nitrogens is 4. The summed E-state index contributed by atoms with van der Waals surface area (Å²) in [7, 11) is 1.97. The second kappa shape index (κ2) is 8.17. The maximum atomic E-state index is 6.02. The van der Waals surface area contributed by atoms with Gasteiger partial charge in [0.1, 0.15) is 11.5 Å². The normalized spacial score (nSPS) is 11.3. The number of nitrogens with zero attached hydrogens (tertiary/aromatic N) is 4. The van der Waals surface area contributed by atoms with Gasteiger partial charge in [0.05, 0.1) is 4.88 Å². The average molecular weight is 398 g/mol. The van der Waals surface area contributed by atoms with Crippen molar-refractivity contribution in [3.63, 3.8) is 0 Å². The highest BCUT2D eigenvalue weighted by Crippen LogP contribution is 2.26. The average Bonchev–Trinajstić information content (AvgIpc) is 3.35. The highest BCUT2D eigenvalue weighted by Gasteiger charge is 2.14. The summed E-state index contributed by atoms with van der Waals surface area (Å²) in [5, 5.41) is 10.7. The van der Waals surface area contributed by atoms with Gasteiger partial charge in [-0.25, -0.2) is 14.5 Å². The summed E-state index contributed by atoms with van der Waals surface area (Å²) in [6.07, 6.45) is 2.99. The number of hydrogen-bond acceptors (Lipinski definition) is 5. The SMILES string of the molecule is CNCCCCc1nc(-c2ccc(Cl)cc2)nc2cc(-c3cccs3)nn12. The third kappa shape index (κ3) is 4.03. The second-order valence-electron chi connectivity index (χ2n) is 6.31. The first-order valence-corrected chi connectivity index (χ1v) is 10.2. The predicted molar refractivity (Wildman–Crippen MR) is 111 cm³/mol. The molecule has 0 fully saturated rings. The van der Waals surface area contributed by atoms with E-state index in [1.54, 1.807) is 11.3 Å². The zero-order chi connectivity index (χ0) is 18.6. The molecule has 27 heavy (non-hydrogen) atoms. The zero-order valence-electron chi connectivity index (χ0n) is 15.0. The summed E-state index contributed by atoms with van der Waals surface area (Å²) in [5.41, 5.74) is 2.71. The molecule has 0 amide bonds. The summed E-state index contributed by atoms with van der Waals surface area (Å²) in [4.78, 5) is 10.7. The van der Waals surface area contributed by atoms with Crippen LogP contribution in [0.4, 0.5) is 0 Å². The lowest BCUT2D eigenvalue weighted by Crippen LogP contribution is -2.10. The zero-order valence-corrected chi connectivity index (χ0v) is 16.6. The molecular weight excluding hydrogens is 378 g/mol. The van der Waals surface area contributed by atoms with Gasteiger partial charge in [0, 0.05) is 23.1 Å². The van der Waals surface area contributed by atoms with Crippen LogP contribution in [0, 0.1) is 0 Å². The fourth-order valence-electron chi connectivity index (χ4n) is 2.96. The van der Waals surface area contributed by atoms with Gasteiger partial charge in [-0.05, 0) is 62.1 Å². The number of halogens is 1. The Kier molecular flexibility index (Phi) is 5.48. The minimum atomic E-state index is 0.705. The van der Waals surface area contributed by atoms with Crippen molar-refractivity contribution in [1.29, 1.82) is 0 Å². The summed E-state index contributed by atoms with van der Waals surface area (Å²) in [5.74, 6) is 1.64. The lowest BCUT2D eigenvalue weighted by molar-refractivity contribution is 0.647. The minimum absolute atomic E-state index is 0.705. The lowest BCUT2D eigenvalue weighted by Gasteiger charge is -2.07. The van der Waals surface area contributed by atoms with Crippen LogP contribution in [0.15, 0.2) is 47.8 Å². The van der Waals surface area contributed by atoms with Gasteiger partial charge < -0.3 is 5.32 Å². The number of thiophene rings is 1. The van der Waals surface area contributed by atoms with E-state index in [0.29, 0.717) is 10.8 Å². The Balaban J connectivity index is 1.76. The van der Waals surface area contributed by atoms with Crippen molar-refractivity contribution in [2.24, 2.45) is 0 Å². The molecule has 4 rings (SSSR count). The summed E-state index contributed by atoms with van der Waals surface area (Å²) in [6.45, 7) is 0.998. The highest BCUT2D eigenvalue weighted by molar-refractivity contribution is 7.13. The van der Waals surface area contributed by atoms with E-state index in [-0.39, 0.29) is 0 Å². The molecule has 4 aromatic rings. The maximum absolute atomic E-state index is 6.02. The van der Waals surface area contributed by atoms with Gasteiger partial charge in [-0.2, -0.15) is 5.10 Å². The van der Waals surface area contributed by atoms with Gasteiger partial charge in [-0.1, -0.05) is 17.7 Å². The van der Waals surface area contributed by atoms with Crippen LogP contribution in [0.3, 0.4) is 0 Å². The second-order valence-corrected chi connectivity index (χ2v) is 7.69. The topological polar surface area (TPSA) is 55.1 Å². The van der Waals surface area contributed by atoms with Crippen molar-refractivity contribution in [3.05, 3.63) is 58.7 Å². The molecular formula is C20H20ClN5S. The van der Waals surface area contributed by atoms with E-state index in [1.807, 2.05) is 48.0 Å². The van der Waals surface area contributed by atoms with Crippen LogP contribution in [0.25, 0.3) is 27.6 Å². The van der Waals surface area contributed by atoms with E-state index in [4.69, 9.17) is 26.7 Å². The molecule has 0 saturated carbocycles. The van der Waals surface area contributed by atoms with E-state index in [0.717, 1.165) is 53.4 Å². The Morgan fingerprint density at radius 3 is 2.70 bits per heavy atom. The quantitative estimate of drug-likeness (QED) is 0.458. The number of benzene rings is 1. The third-order valence-corrected chi connectivity index (χ3v) is 5.49. The van der Waals surface area contributed by atoms with Crippen molar-refractivity contribution < 1.29 is 0 Å². The smallest absolute Gasteiger partial charge is 0.163 e. The van der Waals surface area contributed by atoms with Gasteiger partial charge in [-0.15, -0.1) is 11.3 Å². The van der Waals surface area contributed by atoms with Gasteiger partial charge in [0.25, 0.3) is 0 Å². The van der Waals surface area contributed by atoms with Crippen LogP contribution in [-0.4, -0.2) is 33.2 Å².